The lowest BCUT2D eigenvalue weighted by atomic mass is 9.49. The molecule has 1 aromatic carbocycles. The summed E-state index contributed by atoms with van der Waals surface area (Å²) in [6.07, 6.45) is 1.70. The second-order valence-electron chi connectivity index (χ2n) is 9.42. The van der Waals surface area contributed by atoms with Crippen LogP contribution in [0.5, 0.6) is 5.75 Å². The van der Waals surface area contributed by atoms with E-state index in [1.807, 2.05) is 23.5 Å². The zero-order chi connectivity index (χ0) is 25.9. The first-order valence-corrected chi connectivity index (χ1v) is 11.5. The van der Waals surface area contributed by atoms with Crippen LogP contribution in [0.3, 0.4) is 0 Å². The van der Waals surface area contributed by atoms with E-state index in [9.17, 15) is 9.59 Å². The number of methoxy groups -OCH3 is 2. The highest BCUT2D eigenvalue weighted by atomic mass is 16.5. The van der Waals surface area contributed by atoms with Crippen molar-refractivity contribution in [1.82, 2.24) is 25.7 Å². The number of carbonyl (C=O) groups excluding carboxylic acids is 2. The van der Waals surface area contributed by atoms with Crippen molar-refractivity contribution in [3.05, 3.63) is 35.9 Å². The normalized spacial score (nSPS) is 13.2. The molecule has 15 heteroatoms. The molecular weight excluding hydrogens is 463 g/mol. The van der Waals surface area contributed by atoms with Gasteiger partial charge in [0.25, 0.3) is 11.8 Å². The quantitative estimate of drug-likeness (QED) is 0.303. The first-order valence-electron chi connectivity index (χ1n) is 11.5. The number of hydrogen-bond donors (Lipinski definition) is 3. The SMILES string of the molecule is BC(B)(B)NC(=O)c1nnc(NC(=O)C2CC2)cc1Nc1cccc(-c2noc(COC)n2)c1OC. The molecule has 12 nitrogen and oxygen atoms in total. The van der Waals surface area contributed by atoms with E-state index >= 15 is 0 Å². The Labute approximate surface area is 210 Å². The van der Waals surface area contributed by atoms with Crippen LogP contribution >= 0.6 is 0 Å². The van der Waals surface area contributed by atoms with Crippen LogP contribution in [0.15, 0.2) is 28.8 Å². The van der Waals surface area contributed by atoms with Crippen molar-refractivity contribution in [2.45, 2.75) is 24.7 Å². The minimum Gasteiger partial charge on any atom is -0.494 e. The maximum absolute atomic E-state index is 13.0. The summed E-state index contributed by atoms with van der Waals surface area (Å²) in [6.45, 7) is 0.178. The molecule has 3 aromatic rings. The van der Waals surface area contributed by atoms with Gasteiger partial charge in [0.15, 0.2) is 17.3 Å². The molecule has 3 N–H and O–H groups in total. The number of nitrogens with one attached hydrogen (secondary N) is 3. The molecule has 36 heavy (non-hydrogen) atoms. The number of carbonyl (C=O) groups is 2. The van der Waals surface area contributed by atoms with Gasteiger partial charge in [-0.1, -0.05) is 11.2 Å². The molecule has 2 amide bonds. The summed E-state index contributed by atoms with van der Waals surface area (Å²) < 4.78 is 15.9. The molecule has 184 valence electrons. The minimum atomic E-state index is -0.495. The molecule has 1 aliphatic carbocycles. The predicted molar refractivity (Wildman–Crippen MR) is 139 cm³/mol. The van der Waals surface area contributed by atoms with Gasteiger partial charge in [0.2, 0.25) is 11.7 Å². The zero-order valence-corrected chi connectivity index (χ0v) is 20.8. The number of amides is 2. The molecule has 0 saturated heterocycles. The van der Waals surface area contributed by atoms with E-state index in [0.29, 0.717) is 34.4 Å². The topological polar surface area (TPSA) is 153 Å². The van der Waals surface area contributed by atoms with E-state index in [-0.39, 0.29) is 29.9 Å². The maximum Gasteiger partial charge on any atom is 0.272 e. The molecule has 4 rings (SSSR count). The van der Waals surface area contributed by atoms with E-state index in [0.717, 1.165) is 12.8 Å². The van der Waals surface area contributed by atoms with Crippen LogP contribution in [0.1, 0.15) is 29.2 Å². The predicted octanol–water partition coefficient (Wildman–Crippen LogP) is -0.986. The van der Waals surface area contributed by atoms with Crippen molar-refractivity contribution in [3.63, 3.8) is 0 Å². The van der Waals surface area contributed by atoms with Crippen LogP contribution in [-0.4, -0.2) is 75.1 Å². The number of para-hydroxylation sites is 1. The molecular formula is C21H26B3N7O5. The third-order valence-corrected chi connectivity index (χ3v) is 5.16. The molecule has 1 fully saturated rings. The fourth-order valence-electron chi connectivity index (χ4n) is 3.41. The number of rotatable bonds is 10. The van der Waals surface area contributed by atoms with Crippen LogP contribution in [0.25, 0.3) is 11.4 Å². The van der Waals surface area contributed by atoms with Crippen molar-refractivity contribution in [1.29, 1.82) is 0 Å². The van der Waals surface area contributed by atoms with Crippen molar-refractivity contribution in [3.8, 4) is 17.1 Å². The lowest BCUT2D eigenvalue weighted by Gasteiger charge is -2.21. The highest BCUT2D eigenvalue weighted by Crippen LogP contribution is 2.37. The van der Waals surface area contributed by atoms with Gasteiger partial charge in [0.05, 0.1) is 24.0 Å². The molecule has 0 spiro atoms. The van der Waals surface area contributed by atoms with E-state index < -0.39 is 11.1 Å². The first kappa shape index (κ1) is 25.2. The largest absolute Gasteiger partial charge is 0.494 e. The van der Waals surface area contributed by atoms with Crippen molar-refractivity contribution >= 4 is 52.5 Å². The van der Waals surface area contributed by atoms with Gasteiger partial charge in [-0.3, -0.25) is 9.59 Å². The van der Waals surface area contributed by atoms with Crippen molar-refractivity contribution < 1.29 is 23.6 Å². The van der Waals surface area contributed by atoms with Gasteiger partial charge in [-0.15, -0.1) is 10.2 Å². The van der Waals surface area contributed by atoms with Gasteiger partial charge < -0.3 is 29.9 Å². The van der Waals surface area contributed by atoms with Crippen molar-refractivity contribution in [2.24, 2.45) is 5.92 Å². The molecule has 0 radical (unpaired) electrons. The minimum absolute atomic E-state index is 0.0122. The van der Waals surface area contributed by atoms with E-state index in [1.165, 1.54) is 14.2 Å². The molecule has 2 heterocycles. The standard InChI is InChI=1S/C21H26B3N7O5/c1-34-9-15-27-18(31-36-15)11-4-3-5-12(17(11)35-2)25-13-8-14(26-19(32)10-6-7-10)29-30-16(13)20(33)28-21(22,23)24/h3-5,8,10H,6-7,9,22-24H2,1-2H3,(H,28,33)(H2,25,26,29,32). The number of benzene rings is 1. The number of hydrogen-bond acceptors (Lipinski definition) is 10. The molecule has 0 unspecified atom stereocenters. The van der Waals surface area contributed by atoms with Crippen LogP contribution in [-0.2, 0) is 16.1 Å². The molecule has 1 saturated carbocycles. The van der Waals surface area contributed by atoms with Crippen LogP contribution < -0.4 is 20.7 Å². The lowest BCUT2D eigenvalue weighted by molar-refractivity contribution is -0.117. The molecule has 0 atom stereocenters. The Morgan fingerprint density at radius 3 is 2.61 bits per heavy atom. The van der Waals surface area contributed by atoms with Gasteiger partial charge in [-0.25, -0.2) is 0 Å². The fourth-order valence-corrected chi connectivity index (χ4v) is 3.41. The van der Waals surface area contributed by atoms with E-state index in [2.05, 4.69) is 36.3 Å². The molecule has 2 aromatic heterocycles. The van der Waals surface area contributed by atoms with Crippen LogP contribution in [0.2, 0.25) is 0 Å². The average Bonchev–Trinajstić information content (AvgIpc) is 3.57. The summed E-state index contributed by atoms with van der Waals surface area (Å²) in [4.78, 5) is 29.6. The van der Waals surface area contributed by atoms with Gasteiger partial charge in [-0.05, 0) is 30.2 Å². The Kier molecular flexibility index (Phi) is 7.29. The Balaban J connectivity index is 1.70. The smallest absolute Gasteiger partial charge is 0.272 e. The highest BCUT2D eigenvalue weighted by molar-refractivity contribution is 6.60. The third kappa shape index (κ3) is 6.03. The van der Waals surface area contributed by atoms with Crippen molar-refractivity contribution in [2.75, 3.05) is 24.9 Å². The Bertz CT molecular complexity index is 1280. The van der Waals surface area contributed by atoms with Crippen LogP contribution in [0, 0.1) is 5.92 Å². The van der Waals surface area contributed by atoms with Gasteiger partial charge >= 0.3 is 0 Å². The highest BCUT2D eigenvalue weighted by Gasteiger charge is 2.30. The Hall–Kier alpha value is -3.87. The van der Waals surface area contributed by atoms with Gasteiger partial charge in [0.1, 0.15) is 30.1 Å². The molecule has 0 aliphatic heterocycles. The van der Waals surface area contributed by atoms with Gasteiger partial charge in [0, 0.05) is 19.1 Å². The van der Waals surface area contributed by atoms with E-state index in [4.69, 9.17) is 14.0 Å². The van der Waals surface area contributed by atoms with Gasteiger partial charge in [-0.2, -0.15) is 4.98 Å². The summed E-state index contributed by atoms with van der Waals surface area (Å²) in [6, 6.07) is 6.91. The average molecular weight is 489 g/mol. The first-order chi connectivity index (χ1) is 17.2. The number of ether oxygens (including phenoxy) is 2. The molecule has 1 aliphatic rings. The van der Waals surface area contributed by atoms with Crippen LogP contribution in [0.4, 0.5) is 17.2 Å². The summed E-state index contributed by atoms with van der Waals surface area (Å²) in [5, 5.41) is 20.5. The monoisotopic (exact) mass is 489 g/mol. The second kappa shape index (κ2) is 10.4. The zero-order valence-electron chi connectivity index (χ0n) is 20.8. The fraction of sp³-hybridized carbons (Fsp3) is 0.333. The summed E-state index contributed by atoms with van der Waals surface area (Å²) in [5.41, 5.74) is 1.48. The third-order valence-electron chi connectivity index (χ3n) is 5.16. The Morgan fingerprint density at radius 1 is 1.17 bits per heavy atom. The number of nitrogens with zero attached hydrogens (tertiary/aromatic N) is 4. The Morgan fingerprint density at radius 2 is 1.94 bits per heavy atom. The number of aromatic nitrogens is 4. The number of anilines is 3. The summed E-state index contributed by atoms with van der Waals surface area (Å²) in [5.74, 6) is 0.744. The maximum atomic E-state index is 13.0. The van der Waals surface area contributed by atoms with E-state index in [1.54, 1.807) is 24.3 Å². The molecule has 0 bridgehead atoms. The second-order valence-corrected chi connectivity index (χ2v) is 9.42. The lowest BCUT2D eigenvalue weighted by Crippen LogP contribution is -2.50. The summed E-state index contributed by atoms with van der Waals surface area (Å²) >= 11 is 0. The summed E-state index contributed by atoms with van der Waals surface area (Å²) in [7, 11) is 8.65.